The summed E-state index contributed by atoms with van der Waals surface area (Å²) in [6.45, 7) is 5.16. The first-order valence-corrected chi connectivity index (χ1v) is 14.0. The SMILES string of the molecule is Cc1nocc1C(=O)Nc1cccc(C(=O)c2ccc3c(C=Nc4ccc(CCN5CCCC5)cc4)c(O)[nH]c3c2)c1. The van der Waals surface area contributed by atoms with E-state index in [1.807, 2.05) is 12.1 Å². The second-order valence-corrected chi connectivity index (χ2v) is 10.5. The predicted octanol–water partition coefficient (Wildman–Crippen LogP) is 6.04. The normalized spacial score (nSPS) is 13.7. The Bertz CT molecular complexity index is 1780. The average Bonchev–Trinajstić information content (AvgIpc) is 3.75. The van der Waals surface area contributed by atoms with Crippen LogP contribution in [-0.2, 0) is 6.42 Å². The highest BCUT2D eigenvalue weighted by Gasteiger charge is 2.17. The molecule has 0 unspecified atom stereocenters. The standard InChI is InChI=1S/C33H31N5O4/c1-21-29(20-42-37-21)33(41)35-26-6-4-5-23(17-26)31(39)24-9-12-27-28(32(40)36-30(27)18-24)19-34-25-10-7-22(8-11-25)13-16-38-14-2-3-15-38/h4-12,17-20,36,40H,2-3,13-16H2,1H3,(H,35,41). The average molecular weight is 562 g/mol. The molecule has 3 N–H and O–H groups in total. The molecule has 42 heavy (non-hydrogen) atoms. The van der Waals surface area contributed by atoms with Crippen LogP contribution in [0.1, 0.15) is 55.9 Å². The third-order valence-corrected chi connectivity index (χ3v) is 7.65. The maximum Gasteiger partial charge on any atom is 0.260 e. The summed E-state index contributed by atoms with van der Waals surface area (Å²) in [5, 5.41) is 17.9. The Hall–Kier alpha value is -5.02. The number of likely N-dealkylation sites (tertiary alicyclic amines) is 1. The molecule has 0 saturated carbocycles. The molecule has 0 spiro atoms. The van der Waals surface area contributed by atoms with Gasteiger partial charge in [-0.25, -0.2) is 0 Å². The van der Waals surface area contributed by atoms with Crippen molar-refractivity contribution in [3.05, 3.63) is 107 Å². The van der Waals surface area contributed by atoms with Gasteiger partial charge in [0.05, 0.1) is 16.9 Å². The summed E-state index contributed by atoms with van der Waals surface area (Å²) in [6, 6.07) is 20.1. The molecule has 0 radical (unpaired) electrons. The first-order valence-electron chi connectivity index (χ1n) is 14.0. The van der Waals surface area contributed by atoms with Gasteiger partial charge in [0.15, 0.2) is 11.7 Å². The number of aliphatic imine (C=N–C) groups is 1. The number of nitrogens with zero attached hydrogens (tertiary/aromatic N) is 3. The van der Waals surface area contributed by atoms with E-state index in [4.69, 9.17) is 4.52 Å². The van der Waals surface area contributed by atoms with E-state index in [9.17, 15) is 14.7 Å². The monoisotopic (exact) mass is 561 g/mol. The lowest BCUT2D eigenvalue weighted by atomic mass is 10.0. The number of hydrogen-bond acceptors (Lipinski definition) is 7. The van der Waals surface area contributed by atoms with Crippen molar-refractivity contribution >= 4 is 40.2 Å². The number of carbonyl (C=O) groups is 2. The molecular weight excluding hydrogens is 530 g/mol. The van der Waals surface area contributed by atoms with E-state index in [0.29, 0.717) is 39.2 Å². The van der Waals surface area contributed by atoms with E-state index in [1.165, 1.54) is 37.8 Å². The summed E-state index contributed by atoms with van der Waals surface area (Å²) < 4.78 is 4.84. The van der Waals surface area contributed by atoms with Gasteiger partial charge in [-0.1, -0.05) is 41.6 Å². The van der Waals surface area contributed by atoms with Crippen LogP contribution in [0.15, 0.2) is 82.5 Å². The highest BCUT2D eigenvalue weighted by Crippen LogP contribution is 2.28. The number of H-pyrrole nitrogens is 1. The van der Waals surface area contributed by atoms with E-state index >= 15 is 0 Å². The predicted molar refractivity (Wildman–Crippen MR) is 162 cm³/mol. The van der Waals surface area contributed by atoms with E-state index in [0.717, 1.165) is 24.0 Å². The summed E-state index contributed by atoms with van der Waals surface area (Å²) >= 11 is 0. The molecule has 0 atom stereocenters. The van der Waals surface area contributed by atoms with E-state index < -0.39 is 0 Å². The lowest BCUT2D eigenvalue weighted by Crippen LogP contribution is -2.21. The van der Waals surface area contributed by atoms with Crippen LogP contribution >= 0.6 is 0 Å². The maximum atomic E-state index is 13.3. The third-order valence-electron chi connectivity index (χ3n) is 7.65. The van der Waals surface area contributed by atoms with Gasteiger partial charge in [-0.2, -0.15) is 0 Å². The highest BCUT2D eigenvalue weighted by molar-refractivity contribution is 6.13. The molecule has 0 aliphatic carbocycles. The minimum atomic E-state index is -0.371. The molecule has 6 rings (SSSR count). The summed E-state index contributed by atoms with van der Waals surface area (Å²) in [5.74, 6) is -0.609. The van der Waals surface area contributed by atoms with Crippen LogP contribution < -0.4 is 5.32 Å². The second kappa shape index (κ2) is 11.8. The zero-order valence-corrected chi connectivity index (χ0v) is 23.3. The molecule has 0 bridgehead atoms. The van der Waals surface area contributed by atoms with Crippen LogP contribution in [0.5, 0.6) is 5.88 Å². The van der Waals surface area contributed by atoms with Crippen LogP contribution in [0.3, 0.4) is 0 Å². The quantitative estimate of drug-likeness (QED) is 0.149. The number of fused-ring (bicyclic) bond motifs is 1. The Morgan fingerprint density at radius 1 is 1.07 bits per heavy atom. The van der Waals surface area contributed by atoms with E-state index in [1.54, 1.807) is 55.6 Å². The van der Waals surface area contributed by atoms with Crippen molar-refractivity contribution in [2.45, 2.75) is 26.2 Å². The van der Waals surface area contributed by atoms with Crippen LogP contribution in [0.2, 0.25) is 0 Å². The molecule has 5 aromatic rings. The van der Waals surface area contributed by atoms with Crippen molar-refractivity contribution in [2.75, 3.05) is 25.0 Å². The summed E-state index contributed by atoms with van der Waals surface area (Å²) in [6.07, 6.45) is 6.54. The van der Waals surface area contributed by atoms with Gasteiger partial charge in [-0.3, -0.25) is 14.6 Å². The number of rotatable bonds is 9. The zero-order valence-electron chi connectivity index (χ0n) is 23.3. The number of aryl methyl sites for hydroxylation is 1. The third kappa shape index (κ3) is 5.87. The fourth-order valence-corrected chi connectivity index (χ4v) is 5.27. The number of ketones is 1. The van der Waals surface area contributed by atoms with Crippen molar-refractivity contribution in [2.24, 2.45) is 4.99 Å². The lowest BCUT2D eigenvalue weighted by Gasteiger charge is -2.14. The summed E-state index contributed by atoms with van der Waals surface area (Å²) in [4.78, 5) is 35.9. The van der Waals surface area contributed by atoms with Crippen molar-refractivity contribution in [3.8, 4) is 5.88 Å². The number of aromatic nitrogens is 2. The van der Waals surface area contributed by atoms with Crippen LogP contribution in [0.4, 0.5) is 11.4 Å². The molecule has 9 nitrogen and oxygen atoms in total. The number of aromatic hydroxyl groups is 1. The number of benzene rings is 3. The topological polar surface area (TPSA) is 124 Å². The van der Waals surface area contributed by atoms with Crippen molar-refractivity contribution in [1.82, 2.24) is 15.0 Å². The fourth-order valence-electron chi connectivity index (χ4n) is 5.27. The highest BCUT2D eigenvalue weighted by atomic mass is 16.5. The van der Waals surface area contributed by atoms with Crippen LogP contribution in [-0.4, -0.2) is 57.7 Å². The molecule has 1 aliphatic rings. The fraction of sp³-hybridized carbons (Fsp3) is 0.212. The summed E-state index contributed by atoms with van der Waals surface area (Å²) in [5.41, 5.74) is 5.38. The molecule has 1 aliphatic heterocycles. The molecule has 2 aromatic heterocycles. The Morgan fingerprint density at radius 2 is 1.86 bits per heavy atom. The first kappa shape index (κ1) is 27.2. The Kier molecular flexibility index (Phi) is 7.66. The number of hydrogen-bond donors (Lipinski definition) is 3. The largest absolute Gasteiger partial charge is 0.494 e. The van der Waals surface area contributed by atoms with Crippen molar-refractivity contribution < 1.29 is 19.2 Å². The minimum Gasteiger partial charge on any atom is -0.494 e. The summed E-state index contributed by atoms with van der Waals surface area (Å²) in [7, 11) is 0. The molecule has 3 heterocycles. The first-order chi connectivity index (χ1) is 20.4. The molecular formula is C33H31N5O4. The van der Waals surface area contributed by atoms with Crippen molar-refractivity contribution in [1.29, 1.82) is 0 Å². The number of aromatic amines is 1. The Balaban J connectivity index is 1.15. The van der Waals surface area contributed by atoms with Crippen LogP contribution in [0, 0.1) is 6.92 Å². The number of amides is 1. The minimum absolute atomic E-state index is 0.0191. The van der Waals surface area contributed by atoms with Gasteiger partial charge in [-0.15, -0.1) is 0 Å². The number of anilines is 1. The molecule has 1 fully saturated rings. The van der Waals surface area contributed by atoms with Gasteiger partial charge in [0, 0.05) is 40.5 Å². The van der Waals surface area contributed by atoms with E-state index in [2.05, 4.69) is 37.5 Å². The number of carbonyl (C=O) groups excluding carboxylic acids is 2. The van der Waals surface area contributed by atoms with Gasteiger partial charge >= 0.3 is 0 Å². The van der Waals surface area contributed by atoms with Crippen LogP contribution in [0.25, 0.3) is 10.9 Å². The van der Waals surface area contributed by atoms with Gasteiger partial charge in [0.1, 0.15) is 11.8 Å². The van der Waals surface area contributed by atoms with Gasteiger partial charge in [0.2, 0.25) is 0 Å². The lowest BCUT2D eigenvalue weighted by molar-refractivity contribution is 0.102. The molecule has 9 heteroatoms. The Labute approximate surface area is 242 Å². The molecule has 3 aromatic carbocycles. The smallest absolute Gasteiger partial charge is 0.260 e. The molecule has 212 valence electrons. The second-order valence-electron chi connectivity index (χ2n) is 10.5. The molecule has 1 saturated heterocycles. The van der Waals surface area contributed by atoms with E-state index in [-0.39, 0.29) is 17.6 Å². The zero-order chi connectivity index (χ0) is 29.1. The Morgan fingerprint density at radius 3 is 2.62 bits per heavy atom. The number of nitrogens with one attached hydrogen (secondary N) is 2. The van der Waals surface area contributed by atoms with Crippen molar-refractivity contribution in [3.63, 3.8) is 0 Å². The maximum absolute atomic E-state index is 13.3. The van der Waals surface area contributed by atoms with Gasteiger partial charge in [0.25, 0.3) is 5.91 Å². The molecule has 1 amide bonds. The van der Waals surface area contributed by atoms with Gasteiger partial charge < -0.3 is 24.8 Å². The van der Waals surface area contributed by atoms with Gasteiger partial charge in [-0.05, 0) is 75.2 Å².